The smallest absolute Gasteiger partial charge is 0.261 e. The summed E-state index contributed by atoms with van der Waals surface area (Å²) in [6.45, 7) is 2.35. The van der Waals surface area contributed by atoms with Crippen molar-refractivity contribution >= 4 is 34.4 Å². The van der Waals surface area contributed by atoms with Crippen LogP contribution in [-0.4, -0.2) is 45.5 Å². The number of carbonyl (C=O) groups excluding carboxylic acids is 4. The van der Waals surface area contributed by atoms with Crippen LogP contribution >= 0.6 is 0 Å². The van der Waals surface area contributed by atoms with Gasteiger partial charge in [0.1, 0.15) is 0 Å². The molecular weight excluding hydrogens is 837 g/mol. The molecule has 9 aliphatic rings. The first-order valence-corrected chi connectivity index (χ1v) is 29.8. The van der Waals surface area contributed by atoms with E-state index in [0.717, 1.165) is 162 Å². The Balaban J connectivity index is 1.02. The number of amides is 4. The van der Waals surface area contributed by atoms with Gasteiger partial charge < -0.3 is 0 Å². The van der Waals surface area contributed by atoms with Gasteiger partial charge in [-0.3, -0.25) is 29.0 Å². The molecule has 2 heterocycles. The largest absolute Gasteiger partial charge is 0.271 e. The number of hydrogen-bond acceptors (Lipinski definition) is 4. The van der Waals surface area contributed by atoms with E-state index in [1.54, 1.807) is 9.80 Å². The van der Waals surface area contributed by atoms with E-state index in [9.17, 15) is 0 Å². The second-order valence-electron chi connectivity index (χ2n) is 25.2. The topological polar surface area (TPSA) is 74.8 Å². The zero-order chi connectivity index (χ0) is 46.3. The van der Waals surface area contributed by atoms with E-state index >= 15 is 19.2 Å². The maximum absolute atomic E-state index is 15.9. The Kier molecular flexibility index (Phi) is 14.6. The number of carbonyl (C=O) groups is 4. The molecule has 0 spiro atoms. The number of nitrogens with zero attached hydrogens (tertiary/aromatic N) is 2. The molecule has 0 aromatic heterocycles. The molecule has 11 rings (SSSR count). The summed E-state index contributed by atoms with van der Waals surface area (Å²) in [4.78, 5) is 66.4. The normalized spacial score (nSPS) is 33.5. The monoisotopic (exact) mass is 925 g/mol. The summed E-state index contributed by atoms with van der Waals surface area (Å²) in [6.07, 6.45) is 42.5. The fraction of sp³-hybridized carbons (Fsp3) is 0.774. The quantitative estimate of drug-likeness (QED) is 0.259. The van der Waals surface area contributed by atoms with Gasteiger partial charge in [0.25, 0.3) is 23.6 Å². The summed E-state index contributed by atoms with van der Waals surface area (Å²) in [5.74, 6) is 5.36. The molecule has 0 unspecified atom stereocenters. The zero-order valence-corrected chi connectivity index (χ0v) is 42.5. The van der Waals surface area contributed by atoms with Crippen molar-refractivity contribution in [1.29, 1.82) is 0 Å². The minimum Gasteiger partial charge on any atom is -0.271 e. The van der Waals surface area contributed by atoms with Gasteiger partial charge in [-0.05, 0) is 128 Å². The predicted molar refractivity (Wildman–Crippen MR) is 274 cm³/mol. The third-order valence-corrected chi connectivity index (χ3v) is 21.2. The molecule has 6 nitrogen and oxygen atoms in total. The van der Waals surface area contributed by atoms with Crippen molar-refractivity contribution < 1.29 is 19.2 Å². The number of imide groups is 2. The first-order valence-electron chi connectivity index (χ1n) is 29.8. The minimum absolute atomic E-state index is 0.120. The molecule has 6 heteroatoms. The van der Waals surface area contributed by atoms with E-state index in [0.29, 0.717) is 38.9 Å². The van der Waals surface area contributed by atoms with Crippen molar-refractivity contribution in [3.63, 3.8) is 0 Å². The van der Waals surface area contributed by atoms with Crippen molar-refractivity contribution in [2.24, 2.45) is 41.4 Å². The number of hydrogen-bond donors (Lipinski definition) is 0. The van der Waals surface area contributed by atoms with Gasteiger partial charge in [0.05, 0.1) is 11.1 Å². The molecule has 0 N–H and O–H groups in total. The SMILES string of the molecule is CC1CCCC(N2C(=O)c3cc(C4CCCC(C5CCCC5)CCC4)c4c5c(cc(C6CCCC(C7CCCC7)CCC6)c(c35)C2=O)C(=O)N(C2CCCC(C3CCCC3)CCC2)C4=O)CCC1. The van der Waals surface area contributed by atoms with Crippen LogP contribution in [0.3, 0.4) is 0 Å². The average Bonchev–Trinajstić information content (AvgIpc) is 4.13. The van der Waals surface area contributed by atoms with E-state index in [4.69, 9.17) is 0 Å². The Morgan fingerprint density at radius 3 is 0.897 bits per heavy atom. The molecular formula is C62H88N2O4. The fourth-order valence-electron chi connectivity index (χ4n) is 17.6. The molecule has 0 atom stereocenters. The van der Waals surface area contributed by atoms with Crippen LogP contribution in [0.1, 0.15) is 302 Å². The van der Waals surface area contributed by atoms with Gasteiger partial charge in [-0.1, -0.05) is 187 Å². The van der Waals surface area contributed by atoms with Crippen LogP contribution in [-0.2, 0) is 0 Å². The summed E-state index contributed by atoms with van der Waals surface area (Å²) < 4.78 is 0. The Bertz CT molecular complexity index is 2130. The van der Waals surface area contributed by atoms with Gasteiger partial charge in [-0.25, -0.2) is 0 Å². The average molecular weight is 925 g/mol. The second kappa shape index (κ2) is 21.0. The summed E-state index contributed by atoms with van der Waals surface area (Å²) >= 11 is 0. The summed E-state index contributed by atoms with van der Waals surface area (Å²) in [6, 6.07) is 4.10. The van der Waals surface area contributed by atoms with Crippen LogP contribution in [0.5, 0.6) is 0 Å². The third kappa shape index (κ3) is 9.22. The van der Waals surface area contributed by atoms with Crippen LogP contribution in [0.15, 0.2) is 12.1 Å². The molecule has 0 bridgehead atoms. The van der Waals surface area contributed by atoms with E-state index < -0.39 is 0 Å². The summed E-state index contributed by atoms with van der Waals surface area (Å²) in [7, 11) is 0. The maximum Gasteiger partial charge on any atom is 0.261 e. The van der Waals surface area contributed by atoms with Crippen molar-refractivity contribution in [3.05, 3.63) is 45.5 Å². The van der Waals surface area contributed by atoms with Crippen molar-refractivity contribution in [2.75, 3.05) is 0 Å². The lowest BCUT2D eigenvalue weighted by Gasteiger charge is -2.41. The van der Waals surface area contributed by atoms with Crippen LogP contribution < -0.4 is 0 Å². The second-order valence-corrected chi connectivity index (χ2v) is 25.2. The molecule has 0 saturated heterocycles. The highest BCUT2D eigenvalue weighted by Gasteiger charge is 2.47. The molecule has 2 aliphatic heterocycles. The Morgan fingerprint density at radius 1 is 0.324 bits per heavy atom. The van der Waals surface area contributed by atoms with Gasteiger partial charge in [-0.15, -0.1) is 0 Å². The Morgan fingerprint density at radius 2 is 0.588 bits per heavy atom. The lowest BCUT2D eigenvalue weighted by molar-refractivity contribution is 0.0483. The van der Waals surface area contributed by atoms with Gasteiger partial charge in [0.2, 0.25) is 0 Å². The highest BCUT2D eigenvalue weighted by Crippen LogP contribution is 2.51. The van der Waals surface area contributed by atoms with E-state index in [2.05, 4.69) is 19.1 Å². The molecule has 4 amide bonds. The molecule has 0 radical (unpaired) electrons. The van der Waals surface area contributed by atoms with Crippen LogP contribution in [0, 0.1) is 41.4 Å². The van der Waals surface area contributed by atoms with Crippen molar-refractivity contribution in [3.8, 4) is 0 Å². The molecule has 2 aromatic rings. The van der Waals surface area contributed by atoms with Crippen molar-refractivity contribution in [1.82, 2.24) is 9.80 Å². The summed E-state index contributed by atoms with van der Waals surface area (Å²) in [5.41, 5.74) is 4.62. The molecule has 7 fully saturated rings. The molecule has 2 aromatic carbocycles. The van der Waals surface area contributed by atoms with Gasteiger partial charge in [-0.2, -0.15) is 0 Å². The van der Waals surface area contributed by atoms with Gasteiger partial charge in [0.15, 0.2) is 0 Å². The van der Waals surface area contributed by atoms with E-state index in [-0.39, 0.29) is 47.5 Å². The lowest BCUT2D eigenvalue weighted by atomic mass is 9.71. The zero-order valence-electron chi connectivity index (χ0n) is 42.5. The number of rotatable bonds is 7. The van der Waals surface area contributed by atoms with Crippen LogP contribution in [0.25, 0.3) is 10.8 Å². The first-order chi connectivity index (χ1) is 33.3. The standard InChI is InChI=1S/C62H88N2O4/c1-40-16-8-34-49(35-9-17-40)63-59(65)53-38-52(48-32-12-26-45(27-13-33-48)42-20-4-5-21-42)58-56-54(60(66)64(62(58)68)50-36-14-28-46(29-15-37-50)43-22-6-7-23-43)39-51(57(55(53)56)61(63)67)47-30-10-24-44(25-11-31-47)41-18-2-3-19-41/h38-50H,2-37H2,1H3. The van der Waals surface area contributed by atoms with E-state index in [1.165, 1.54) is 116 Å². The maximum atomic E-state index is 15.9. The third-order valence-electron chi connectivity index (χ3n) is 21.2. The number of benzene rings is 2. The molecule has 370 valence electrons. The van der Waals surface area contributed by atoms with Gasteiger partial charge in [0, 0.05) is 34.0 Å². The minimum atomic E-state index is -0.166. The molecule has 7 aliphatic carbocycles. The highest BCUT2D eigenvalue weighted by atomic mass is 16.2. The lowest BCUT2D eigenvalue weighted by Crippen LogP contribution is -2.50. The predicted octanol–water partition coefficient (Wildman–Crippen LogP) is 16.4. The van der Waals surface area contributed by atoms with E-state index in [1.807, 2.05) is 0 Å². The van der Waals surface area contributed by atoms with Crippen LogP contribution in [0.2, 0.25) is 0 Å². The summed E-state index contributed by atoms with van der Waals surface area (Å²) in [5, 5.41) is 1.33. The Labute approximate surface area is 410 Å². The first kappa shape index (κ1) is 47.3. The fourth-order valence-corrected chi connectivity index (χ4v) is 17.6. The van der Waals surface area contributed by atoms with Gasteiger partial charge >= 0.3 is 0 Å². The molecule has 68 heavy (non-hydrogen) atoms. The Hall–Kier alpha value is -3.02. The van der Waals surface area contributed by atoms with Crippen molar-refractivity contribution in [2.45, 2.75) is 262 Å². The molecule has 7 saturated carbocycles. The highest BCUT2D eigenvalue weighted by molar-refractivity contribution is 6.34. The van der Waals surface area contributed by atoms with Crippen LogP contribution in [0.4, 0.5) is 0 Å².